The third kappa shape index (κ3) is 4.14. The average Bonchev–Trinajstić information content (AvgIpc) is 3.57. The molecule has 9 heteroatoms. The van der Waals surface area contributed by atoms with Crippen molar-refractivity contribution in [2.45, 2.75) is 19.4 Å². The molecule has 1 aromatic carbocycles. The van der Waals surface area contributed by atoms with Crippen molar-refractivity contribution < 1.29 is 23.5 Å². The van der Waals surface area contributed by atoms with Crippen LogP contribution < -0.4 is 5.32 Å². The van der Waals surface area contributed by atoms with Crippen molar-refractivity contribution in [2.24, 2.45) is 0 Å². The molecule has 0 saturated carbocycles. The number of hydrogen-bond acceptors (Lipinski definition) is 8. The number of rotatable bonds is 6. The molecular formula is C25H19N3O5S. The number of nitrogens with zero attached hydrogens (tertiary/aromatic N) is 2. The maximum absolute atomic E-state index is 13.1. The first kappa shape index (κ1) is 21.7. The molecule has 0 aliphatic carbocycles. The first-order valence-electron chi connectivity index (χ1n) is 10.4. The van der Waals surface area contributed by atoms with Crippen LogP contribution in [0.15, 0.2) is 75.9 Å². The molecule has 5 rings (SSSR count). The van der Waals surface area contributed by atoms with Crippen LogP contribution in [0.5, 0.6) is 0 Å². The van der Waals surface area contributed by atoms with Crippen LogP contribution >= 0.6 is 11.3 Å². The minimum Gasteiger partial charge on any atom is -0.463 e. The Hall–Kier alpha value is -4.08. The van der Waals surface area contributed by atoms with E-state index in [1.807, 2.05) is 0 Å². The second kappa shape index (κ2) is 8.36. The molecule has 170 valence electrons. The Morgan fingerprint density at radius 2 is 1.94 bits per heavy atom. The predicted octanol–water partition coefficient (Wildman–Crippen LogP) is 5.26. The number of carbonyl (C=O) groups excluding carboxylic acids is 2. The highest BCUT2D eigenvalue weighted by Gasteiger charge is 2.25. The number of hydrogen-bond donors (Lipinski definition) is 2. The van der Waals surface area contributed by atoms with Gasteiger partial charge in [-0.1, -0.05) is 17.4 Å². The first-order valence-corrected chi connectivity index (χ1v) is 11.2. The van der Waals surface area contributed by atoms with Gasteiger partial charge in [0.1, 0.15) is 33.2 Å². The molecular weight excluding hydrogens is 454 g/mol. The Bertz CT molecular complexity index is 1490. The van der Waals surface area contributed by atoms with Crippen molar-refractivity contribution in [1.82, 2.24) is 9.97 Å². The van der Waals surface area contributed by atoms with Crippen LogP contribution in [-0.2, 0) is 5.60 Å². The summed E-state index contributed by atoms with van der Waals surface area (Å²) in [5.74, 6) is 0.101. The summed E-state index contributed by atoms with van der Waals surface area (Å²) in [4.78, 5) is 34.9. The zero-order valence-electron chi connectivity index (χ0n) is 18.2. The lowest BCUT2D eigenvalue weighted by molar-refractivity contribution is 0.0559. The summed E-state index contributed by atoms with van der Waals surface area (Å²) in [5, 5.41) is 13.9. The summed E-state index contributed by atoms with van der Waals surface area (Å²) in [6, 6.07) is 15.1. The van der Waals surface area contributed by atoms with E-state index in [-0.39, 0.29) is 16.6 Å². The van der Waals surface area contributed by atoms with Crippen LogP contribution in [0, 0.1) is 0 Å². The van der Waals surface area contributed by atoms with Crippen molar-refractivity contribution in [2.75, 3.05) is 5.32 Å². The minimum absolute atomic E-state index is 0.250. The number of pyridine rings is 1. The van der Waals surface area contributed by atoms with Crippen LogP contribution in [0.3, 0.4) is 0 Å². The highest BCUT2D eigenvalue weighted by molar-refractivity contribution is 7.18. The van der Waals surface area contributed by atoms with Crippen molar-refractivity contribution in [1.29, 1.82) is 0 Å². The van der Waals surface area contributed by atoms with Crippen molar-refractivity contribution in [3.63, 3.8) is 0 Å². The molecule has 0 spiro atoms. The van der Waals surface area contributed by atoms with Crippen LogP contribution in [0.2, 0.25) is 0 Å². The molecule has 0 unspecified atom stereocenters. The lowest BCUT2D eigenvalue weighted by Gasteiger charge is -2.12. The molecule has 0 aliphatic rings. The Kier molecular flexibility index (Phi) is 5.35. The highest BCUT2D eigenvalue weighted by Crippen LogP contribution is 2.34. The zero-order valence-corrected chi connectivity index (χ0v) is 19.1. The van der Waals surface area contributed by atoms with Crippen molar-refractivity contribution >= 4 is 39.1 Å². The van der Waals surface area contributed by atoms with Gasteiger partial charge in [-0.3, -0.25) is 19.9 Å². The number of carbonyl (C=O) groups is 2. The maximum atomic E-state index is 13.1. The molecule has 5 aromatic rings. The third-order valence-corrected chi connectivity index (χ3v) is 6.06. The smallest absolute Gasteiger partial charge is 0.257 e. The van der Waals surface area contributed by atoms with Gasteiger partial charge in [-0.15, -0.1) is 0 Å². The quantitative estimate of drug-likeness (QED) is 0.323. The van der Waals surface area contributed by atoms with Crippen LogP contribution in [-0.4, -0.2) is 26.8 Å². The molecule has 0 aliphatic heterocycles. The summed E-state index contributed by atoms with van der Waals surface area (Å²) >= 11 is 1.05. The van der Waals surface area contributed by atoms with E-state index in [1.165, 1.54) is 6.26 Å². The minimum atomic E-state index is -1.14. The van der Waals surface area contributed by atoms with E-state index in [1.54, 1.807) is 74.6 Å². The predicted molar refractivity (Wildman–Crippen MR) is 127 cm³/mol. The van der Waals surface area contributed by atoms with Crippen LogP contribution in [0.1, 0.15) is 45.3 Å². The van der Waals surface area contributed by atoms with Gasteiger partial charge in [0.15, 0.2) is 10.9 Å². The summed E-state index contributed by atoms with van der Waals surface area (Å²) in [7, 11) is 0. The molecule has 4 heterocycles. The third-order valence-electron chi connectivity index (χ3n) is 5.09. The summed E-state index contributed by atoms with van der Waals surface area (Å²) in [6.45, 7) is 3.25. The number of furan rings is 2. The Morgan fingerprint density at radius 3 is 2.65 bits per heavy atom. The maximum Gasteiger partial charge on any atom is 0.257 e. The Morgan fingerprint density at radius 1 is 1.09 bits per heavy atom. The molecule has 1 amide bonds. The lowest BCUT2D eigenvalue weighted by Crippen LogP contribution is -2.13. The fraction of sp³-hybridized carbons (Fsp3) is 0.120. The standard InChI is InChI=1S/C25H19N3O5S/c1-25(2,31)19-13-15-12-14(8-9-17(15)33-19)23(30)28-24-27-20(18-7-5-11-32-18)22(34-24)21(29)16-6-3-4-10-26-16/h3-13,31H,1-2H3,(H,27,28,30). The largest absolute Gasteiger partial charge is 0.463 e. The summed E-state index contributed by atoms with van der Waals surface area (Å²) < 4.78 is 11.1. The van der Waals surface area contributed by atoms with Gasteiger partial charge in [0.2, 0.25) is 5.78 Å². The van der Waals surface area contributed by atoms with Gasteiger partial charge in [0, 0.05) is 17.1 Å². The number of nitrogens with one attached hydrogen (secondary N) is 1. The molecule has 0 atom stereocenters. The van der Waals surface area contributed by atoms with Gasteiger partial charge >= 0.3 is 0 Å². The second-order valence-corrected chi connectivity index (χ2v) is 9.09. The van der Waals surface area contributed by atoms with Gasteiger partial charge in [0.05, 0.1) is 6.26 Å². The molecule has 4 aromatic heterocycles. The molecule has 34 heavy (non-hydrogen) atoms. The number of anilines is 1. The monoisotopic (exact) mass is 473 g/mol. The van der Waals surface area contributed by atoms with Gasteiger partial charge in [-0.25, -0.2) is 4.98 Å². The number of benzene rings is 1. The fourth-order valence-corrected chi connectivity index (χ4v) is 4.29. The number of aromatic nitrogens is 2. The topological polar surface area (TPSA) is 118 Å². The molecule has 0 saturated heterocycles. The zero-order chi connectivity index (χ0) is 23.9. The molecule has 2 N–H and O–H groups in total. The van der Waals surface area contributed by atoms with Crippen LogP contribution in [0.25, 0.3) is 22.4 Å². The van der Waals surface area contributed by atoms with Crippen molar-refractivity contribution in [3.8, 4) is 11.5 Å². The van der Waals surface area contributed by atoms with Gasteiger partial charge in [-0.2, -0.15) is 0 Å². The van der Waals surface area contributed by atoms with E-state index in [0.29, 0.717) is 38.6 Å². The number of amides is 1. The number of thiazole rings is 1. The van der Waals surface area contributed by atoms with Gasteiger partial charge in [-0.05, 0) is 62.4 Å². The summed E-state index contributed by atoms with van der Waals surface area (Å²) in [6.07, 6.45) is 3.03. The summed E-state index contributed by atoms with van der Waals surface area (Å²) in [5.41, 5.74) is 0.404. The molecule has 0 radical (unpaired) electrons. The highest BCUT2D eigenvalue weighted by atomic mass is 32.1. The van der Waals surface area contributed by atoms with E-state index in [9.17, 15) is 14.7 Å². The Balaban J connectivity index is 1.46. The second-order valence-electron chi connectivity index (χ2n) is 8.09. The van der Waals surface area contributed by atoms with E-state index in [2.05, 4.69) is 15.3 Å². The normalized spacial score (nSPS) is 11.6. The molecule has 0 bridgehead atoms. The average molecular weight is 474 g/mol. The van der Waals surface area contributed by atoms with E-state index in [0.717, 1.165) is 11.3 Å². The van der Waals surface area contributed by atoms with Gasteiger partial charge < -0.3 is 13.9 Å². The van der Waals surface area contributed by atoms with Crippen molar-refractivity contribution in [3.05, 3.63) is 89.0 Å². The number of aliphatic hydroxyl groups is 1. The van der Waals surface area contributed by atoms with E-state index >= 15 is 0 Å². The number of ketones is 1. The van der Waals surface area contributed by atoms with E-state index < -0.39 is 11.5 Å². The number of fused-ring (bicyclic) bond motifs is 1. The molecule has 8 nitrogen and oxygen atoms in total. The van der Waals surface area contributed by atoms with Crippen LogP contribution in [0.4, 0.5) is 5.13 Å². The Labute approximate surface area is 197 Å². The fourth-order valence-electron chi connectivity index (χ4n) is 3.38. The SMILES string of the molecule is CC(C)(O)c1cc2cc(C(=O)Nc3nc(-c4ccco4)c(C(=O)c4ccccn4)s3)ccc2o1. The first-order chi connectivity index (χ1) is 16.3. The van der Waals surface area contributed by atoms with E-state index in [4.69, 9.17) is 8.83 Å². The van der Waals surface area contributed by atoms with Gasteiger partial charge in [0.25, 0.3) is 5.91 Å². The lowest BCUT2D eigenvalue weighted by atomic mass is 10.1. The molecule has 0 fully saturated rings.